The first-order valence-electron chi connectivity index (χ1n) is 8.60. The van der Waals surface area contributed by atoms with E-state index in [1.54, 1.807) is 24.3 Å². The molecule has 0 atom stereocenters. The van der Waals surface area contributed by atoms with Crippen LogP contribution in [0.2, 0.25) is 0 Å². The average molecular weight is 370 g/mol. The van der Waals surface area contributed by atoms with Gasteiger partial charge >= 0.3 is 12.0 Å². The second kappa shape index (κ2) is 10.6. The molecule has 3 amide bonds. The molecule has 7 nitrogen and oxygen atoms in total. The number of carbonyl (C=O) groups excluding carboxylic acids is 3. The molecule has 2 aromatic carbocycles. The number of carbonyl (C=O) groups is 3. The molecule has 0 saturated carbocycles. The third kappa shape index (κ3) is 6.81. The molecule has 2 N–H and O–H groups in total. The van der Waals surface area contributed by atoms with Gasteiger partial charge in [-0.2, -0.15) is 0 Å². The maximum absolute atomic E-state index is 12.3. The fraction of sp³-hybridized carbons (Fsp3) is 0.250. The molecule has 0 radical (unpaired) electrons. The molecule has 27 heavy (non-hydrogen) atoms. The highest BCUT2D eigenvalue weighted by molar-refractivity contribution is 5.97. The standard InChI is InChI=1S/C20H22N2O5/c1-2-12-21-20(25)22-18(23)14-27-19(24)17-11-7-6-8-15(17)13-26-16-9-4-3-5-10-16/h3-11H,2,12-14H2,1H3,(H2,21,22,23,25). The lowest BCUT2D eigenvalue weighted by atomic mass is 10.1. The molecule has 7 heteroatoms. The number of esters is 1. The summed E-state index contributed by atoms with van der Waals surface area (Å²) in [6, 6.07) is 15.4. The lowest BCUT2D eigenvalue weighted by Gasteiger charge is -2.11. The van der Waals surface area contributed by atoms with E-state index < -0.39 is 24.5 Å². The Bertz CT molecular complexity index is 777. The molecule has 0 saturated heterocycles. The van der Waals surface area contributed by atoms with Crippen LogP contribution in [0.15, 0.2) is 54.6 Å². The van der Waals surface area contributed by atoms with E-state index in [-0.39, 0.29) is 6.61 Å². The van der Waals surface area contributed by atoms with Gasteiger partial charge in [-0.3, -0.25) is 10.1 Å². The summed E-state index contributed by atoms with van der Waals surface area (Å²) < 4.78 is 10.7. The summed E-state index contributed by atoms with van der Waals surface area (Å²) in [5, 5.41) is 4.59. The van der Waals surface area contributed by atoms with Crippen molar-refractivity contribution in [3.63, 3.8) is 0 Å². The zero-order chi connectivity index (χ0) is 19.5. The van der Waals surface area contributed by atoms with E-state index in [1.807, 2.05) is 37.3 Å². The van der Waals surface area contributed by atoms with Crippen LogP contribution in [0, 0.1) is 0 Å². The second-order valence-corrected chi connectivity index (χ2v) is 5.64. The van der Waals surface area contributed by atoms with Crippen LogP contribution < -0.4 is 15.4 Å². The van der Waals surface area contributed by atoms with Crippen LogP contribution in [0.5, 0.6) is 5.75 Å². The molecule has 0 aliphatic heterocycles. The Labute approximate surface area is 157 Å². The smallest absolute Gasteiger partial charge is 0.339 e. The average Bonchev–Trinajstić information content (AvgIpc) is 2.70. The molecular formula is C20H22N2O5. The largest absolute Gasteiger partial charge is 0.489 e. The molecule has 0 unspecified atom stereocenters. The molecule has 2 aromatic rings. The Kier molecular flexibility index (Phi) is 7.84. The van der Waals surface area contributed by atoms with Gasteiger partial charge in [0.15, 0.2) is 6.61 Å². The number of nitrogens with one attached hydrogen (secondary N) is 2. The molecule has 0 fully saturated rings. The highest BCUT2D eigenvalue weighted by Gasteiger charge is 2.15. The van der Waals surface area contributed by atoms with Gasteiger partial charge in [0.1, 0.15) is 12.4 Å². The van der Waals surface area contributed by atoms with Gasteiger partial charge in [0.2, 0.25) is 0 Å². The van der Waals surface area contributed by atoms with Gasteiger partial charge in [0.05, 0.1) is 5.56 Å². The van der Waals surface area contributed by atoms with Gasteiger partial charge in [0.25, 0.3) is 5.91 Å². The van der Waals surface area contributed by atoms with Crippen LogP contribution in [0.3, 0.4) is 0 Å². The monoisotopic (exact) mass is 370 g/mol. The number of imide groups is 1. The van der Waals surface area contributed by atoms with Crippen molar-refractivity contribution >= 4 is 17.9 Å². The zero-order valence-electron chi connectivity index (χ0n) is 15.1. The van der Waals surface area contributed by atoms with Gasteiger partial charge in [0, 0.05) is 12.1 Å². The van der Waals surface area contributed by atoms with Crippen LogP contribution in [0.25, 0.3) is 0 Å². The summed E-state index contributed by atoms with van der Waals surface area (Å²) in [6.45, 7) is 1.98. The van der Waals surface area contributed by atoms with Crippen molar-refractivity contribution < 1.29 is 23.9 Å². The van der Waals surface area contributed by atoms with Gasteiger partial charge in [-0.25, -0.2) is 9.59 Å². The minimum absolute atomic E-state index is 0.181. The topological polar surface area (TPSA) is 93.7 Å². The van der Waals surface area contributed by atoms with Crippen molar-refractivity contribution in [2.75, 3.05) is 13.2 Å². The van der Waals surface area contributed by atoms with E-state index >= 15 is 0 Å². The molecule has 2 rings (SSSR count). The number of benzene rings is 2. The van der Waals surface area contributed by atoms with Crippen molar-refractivity contribution in [2.24, 2.45) is 0 Å². The number of urea groups is 1. The predicted octanol–water partition coefficient (Wildman–Crippen LogP) is 2.66. The molecule has 0 heterocycles. The Morgan fingerprint density at radius 1 is 0.963 bits per heavy atom. The van der Waals surface area contributed by atoms with E-state index in [2.05, 4.69) is 10.6 Å². The van der Waals surface area contributed by atoms with Gasteiger partial charge in [-0.05, 0) is 24.6 Å². The number of amides is 3. The predicted molar refractivity (Wildman–Crippen MR) is 99.3 cm³/mol. The number of hydrogen-bond donors (Lipinski definition) is 2. The third-order valence-electron chi connectivity index (χ3n) is 3.50. The summed E-state index contributed by atoms with van der Waals surface area (Å²) >= 11 is 0. The minimum atomic E-state index is -0.699. The van der Waals surface area contributed by atoms with E-state index in [1.165, 1.54) is 0 Å². The van der Waals surface area contributed by atoms with Crippen molar-refractivity contribution in [2.45, 2.75) is 20.0 Å². The first-order chi connectivity index (χ1) is 13.1. The SMILES string of the molecule is CCCNC(=O)NC(=O)COC(=O)c1ccccc1COc1ccccc1. The summed E-state index contributed by atoms with van der Waals surface area (Å²) in [5.41, 5.74) is 0.934. The number of rotatable bonds is 8. The Morgan fingerprint density at radius 3 is 2.41 bits per heavy atom. The van der Waals surface area contributed by atoms with E-state index in [9.17, 15) is 14.4 Å². The van der Waals surface area contributed by atoms with Crippen LogP contribution in [-0.4, -0.2) is 31.1 Å². The van der Waals surface area contributed by atoms with E-state index in [0.717, 1.165) is 6.42 Å². The Hall–Kier alpha value is -3.35. The Balaban J connectivity index is 1.88. The second-order valence-electron chi connectivity index (χ2n) is 5.64. The number of hydrogen-bond acceptors (Lipinski definition) is 5. The number of ether oxygens (including phenoxy) is 2. The van der Waals surface area contributed by atoms with Crippen molar-refractivity contribution in [3.8, 4) is 5.75 Å². The molecule has 0 bridgehead atoms. The van der Waals surface area contributed by atoms with E-state index in [0.29, 0.717) is 23.4 Å². The van der Waals surface area contributed by atoms with Crippen molar-refractivity contribution in [1.82, 2.24) is 10.6 Å². The highest BCUT2D eigenvalue weighted by Crippen LogP contribution is 2.15. The lowest BCUT2D eigenvalue weighted by molar-refractivity contribution is -0.123. The van der Waals surface area contributed by atoms with Gasteiger partial charge < -0.3 is 14.8 Å². The highest BCUT2D eigenvalue weighted by atomic mass is 16.5. The fourth-order valence-corrected chi connectivity index (χ4v) is 2.18. The first-order valence-corrected chi connectivity index (χ1v) is 8.60. The van der Waals surface area contributed by atoms with Crippen LogP contribution in [0.1, 0.15) is 29.3 Å². The fourth-order valence-electron chi connectivity index (χ4n) is 2.18. The molecule has 142 valence electrons. The van der Waals surface area contributed by atoms with Crippen molar-refractivity contribution in [3.05, 3.63) is 65.7 Å². The van der Waals surface area contributed by atoms with Crippen LogP contribution in [-0.2, 0) is 16.1 Å². The molecule has 0 aliphatic rings. The zero-order valence-corrected chi connectivity index (χ0v) is 15.1. The quantitative estimate of drug-likeness (QED) is 0.697. The molecule has 0 aliphatic carbocycles. The first kappa shape index (κ1) is 20.0. The third-order valence-corrected chi connectivity index (χ3v) is 3.50. The normalized spacial score (nSPS) is 9.96. The maximum atomic E-state index is 12.3. The summed E-state index contributed by atoms with van der Waals surface area (Å²) in [4.78, 5) is 35.4. The molecular weight excluding hydrogens is 348 g/mol. The van der Waals surface area contributed by atoms with Crippen molar-refractivity contribution in [1.29, 1.82) is 0 Å². The summed E-state index contributed by atoms with van der Waals surface area (Å²) in [5.74, 6) is -0.681. The minimum Gasteiger partial charge on any atom is -0.489 e. The Morgan fingerprint density at radius 2 is 1.67 bits per heavy atom. The van der Waals surface area contributed by atoms with Gasteiger partial charge in [-0.1, -0.05) is 43.3 Å². The molecule has 0 aromatic heterocycles. The van der Waals surface area contributed by atoms with Gasteiger partial charge in [-0.15, -0.1) is 0 Å². The summed E-state index contributed by atoms with van der Waals surface area (Å²) in [7, 11) is 0. The number of para-hydroxylation sites is 1. The molecule has 0 spiro atoms. The van der Waals surface area contributed by atoms with Crippen LogP contribution in [0.4, 0.5) is 4.79 Å². The maximum Gasteiger partial charge on any atom is 0.339 e. The van der Waals surface area contributed by atoms with Crippen LogP contribution >= 0.6 is 0 Å². The summed E-state index contributed by atoms with van der Waals surface area (Å²) in [6.07, 6.45) is 0.748. The lowest BCUT2D eigenvalue weighted by Crippen LogP contribution is -2.41. The van der Waals surface area contributed by atoms with E-state index in [4.69, 9.17) is 9.47 Å².